The number of pyridine rings is 1. The first-order chi connectivity index (χ1) is 9.63. The fraction of sp³-hybridized carbons (Fsp3) is 0.688. The first kappa shape index (κ1) is 17.6. The van der Waals surface area contributed by atoms with Crippen molar-refractivity contribution < 1.29 is 9.84 Å². The normalized spacial score (nSPS) is 12.3. The Labute approximate surface area is 127 Å². The minimum absolute atomic E-state index is 0.0941. The highest BCUT2D eigenvalue weighted by Gasteiger charge is 2.18. The summed E-state index contributed by atoms with van der Waals surface area (Å²) >= 11 is 0. The average Bonchev–Trinajstić information content (AvgIpc) is 2.36. The molecule has 0 fully saturated rings. The Hall–Kier alpha value is -1.49. The van der Waals surface area contributed by atoms with Crippen LogP contribution in [0.4, 0.5) is 11.5 Å². The summed E-state index contributed by atoms with van der Waals surface area (Å²) in [5.74, 6) is 1.21. The van der Waals surface area contributed by atoms with Crippen LogP contribution in [0, 0.1) is 5.41 Å². The molecular formula is C16H29N3O2. The summed E-state index contributed by atoms with van der Waals surface area (Å²) in [5.41, 5.74) is 6.20. The Bertz CT molecular complexity index is 453. The molecule has 0 aliphatic heterocycles. The lowest BCUT2D eigenvalue weighted by atomic mass is 9.88. The van der Waals surface area contributed by atoms with Gasteiger partial charge in [0.25, 0.3) is 0 Å². The van der Waals surface area contributed by atoms with Crippen LogP contribution in [0.2, 0.25) is 0 Å². The molecule has 120 valence electrons. The molecule has 5 heteroatoms. The summed E-state index contributed by atoms with van der Waals surface area (Å²) in [6, 6.07) is 3.66. The molecule has 21 heavy (non-hydrogen) atoms. The molecule has 1 aromatic rings. The van der Waals surface area contributed by atoms with Gasteiger partial charge in [0.15, 0.2) is 0 Å². The van der Waals surface area contributed by atoms with Gasteiger partial charge in [-0.2, -0.15) is 4.98 Å². The van der Waals surface area contributed by atoms with Gasteiger partial charge in [-0.1, -0.05) is 13.8 Å². The third-order valence-corrected chi connectivity index (χ3v) is 3.05. The van der Waals surface area contributed by atoms with Crippen molar-refractivity contribution in [2.24, 2.45) is 5.41 Å². The van der Waals surface area contributed by atoms with Crippen LogP contribution < -0.4 is 15.8 Å². The van der Waals surface area contributed by atoms with E-state index in [2.05, 4.69) is 24.1 Å². The van der Waals surface area contributed by atoms with Gasteiger partial charge in [0, 0.05) is 13.2 Å². The number of anilines is 2. The maximum absolute atomic E-state index is 8.93. The number of rotatable bonds is 7. The van der Waals surface area contributed by atoms with Gasteiger partial charge in [-0.05, 0) is 51.2 Å². The molecule has 0 spiro atoms. The molecule has 0 aromatic carbocycles. The molecule has 4 N–H and O–H groups in total. The van der Waals surface area contributed by atoms with Crippen LogP contribution >= 0.6 is 0 Å². The van der Waals surface area contributed by atoms with Gasteiger partial charge in [0.05, 0.1) is 5.69 Å². The maximum Gasteiger partial charge on any atom is 0.239 e. The summed E-state index contributed by atoms with van der Waals surface area (Å²) in [6.07, 6.45) is 1.76. The highest BCUT2D eigenvalue weighted by atomic mass is 16.5. The van der Waals surface area contributed by atoms with Crippen LogP contribution in [0.1, 0.15) is 47.5 Å². The van der Waals surface area contributed by atoms with E-state index in [4.69, 9.17) is 15.6 Å². The number of nitrogens with zero attached hydrogens (tertiary/aromatic N) is 1. The van der Waals surface area contributed by atoms with Gasteiger partial charge < -0.3 is 20.9 Å². The summed E-state index contributed by atoms with van der Waals surface area (Å²) in [6.45, 7) is 11.2. The van der Waals surface area contributed by atoms with E-state index in [1.165, 1.54) is 0 Å². The van der Waals surface area contributed by atoms with E-state index in [1.54, 1.807) is 6.07 Å². The van der Waals surface area contributed by atoms with E-state index >= 15 is 0 Å². The van der Waals surface area contributed by atoms with Gasteiger partial charge in [-0.25, -0.2) is 0 Å². The van der Waals surface area contributed by atoms with Crippen molar-refractivity contribution >= 4 is 11.5 Å². The Balaban J connectivity index is 2.70. The second-order valence-corrected chi connectivity index (χ2v) is 7.15. The lowest BCUT2D eigenvalue weighted by Crippen LogP contribution is -2.25. The van der Waals surface area contributed by atoms with Gasteiger partial charge in [-0.15, -0.1) is 0 Å². The molecule has 1 aromatic heterocycles. The monoisotopic (exact) mass is 295 g/mol. The lowest BCUT2D eigenvalue weighted by Gasteiger charge is -2.25. The quantitative estimate of drug-likeness (QED) is 0.720. The zero-order valence-corrected chi connectivity index (χ0v) is 13.9. The van der Waals surface area contributed by atoms with Crippen LogP contribution in [-0.2, 0) is 0 Å². The van der Waals surface area contributed by atoms with Crippen molar-refractivity contribution in [3.05, 3.63) is 12.1 Å². The molecule has 0 radical (unpaired) electrons. The van der Waals surface area contributed by atoms with Crippen LogP contribution in [0.25, 0.3) is 0 Å². The second kappa shape index (κ2) is 6.98. The number of nitrogen functional groups attached to an aromatic ring is 1. The first-order valence-corrected chi connectivity index (χ1v) is 7.43. The molecule has 0 aliphatic carbocycles. The number of aromatic nitrogens is 1. The third kappa shape index (κ3) is 6.67. The molecule has 1 rings (SSSR count). The van der Waals surface area contributed by atoms with Crippen molar-refractivity contribution in [1.29, 1.82) is 0 Å². The molecule has 1 heterocycles. The minimum Gasteiger partial charge on any atom is -0.470 e. The van der Waals surface area contributed by atoms with Crippen molar-refractivity contribution in [3.8, 4) is 5.88 Å². The highest BCUT2D eigenvalue weighted by Crippen LogP contribution is 2.26. The van der Waals surface area contributed by atoms with Crippen LogP contribution in [0.15, 0.2) is 12.1 Å². The molecule has 0 saturated heterocycles. The Morgan fingerprint density at radius 1 is 1.24 bits per heavy atom. The average molecular weight is 295 g/mol. The van der Waals surface area contributed by atoms with Crippen LogP contribution in [0.3, 0.4) is 0 Å². The highest BCUT2D eigenvalue weighted by molar-refractivity contribution is 5.53. The molecule has 0 saturated carbocycles. The fourth-order valence-corrected chi connectivity index (χ4v) is 1.90. The number of ether oxygens (including phenoxy) is 1. The van der Waals surface area contributed by atoms with Crippen molar-refractivity contribution in [1.82, 2.24) is 4.98 Å². The Kier molecular flexibility index (Phi) is 5.84. The predicted molar refractivity (Wildman–Crippen MR) is 87.6 cm³/mol. The minimum atomic E-state index is -0.333. The van der Waals surface area contributed by atoms with E-state index in [-0.39, 0.29) is 17.6 Å². The van der Waals surface area contributed by atoms with Gasteiger partial charge in [-0.3, -0.25) is 0 Å². The predicted octanol–water partition coefficient (Wildman–Crippen LogP) is 3.05. The number of aliphatic hydroxyl groups is 1. The Morgan fingerprint density at radius 3 is 2.48 bits per heavy atom. The summed E-state index contributed by atoms with van der Waals surface area (Å²) in [5, 5.41) is 12.2. The Morgan fingerprint density at radius 2 is 1.90 bits per heavy atom. The van der Waals surface area contributed by atoms with E-state index in [9.17, 15) is 0 Å². The molecule has 0 amide bonds. The second-order valence-electron chi connectivity index (χ2n) is 7.15. The van der Waals surface area contributed by atoms with Crippen LogP contribution in [-0.4, -0.2) is 28.8 Å². The van der Waals surface area contributed by atoms with Gasteiger partial charge >= 0.3 is 0 Å². The number of hydrogen-bond acceptors (Lipinski definition) is 5. The molecule has 0 aliphatic rings. The molecule has 5 nitrogen and oxygen atoms in total. The zero-order chi connectivity index (χ0) is 16.1. The van der Waals surface area contributed by atoms with E-state index in [0.717, 1.165) is 25.2 Å². The molecular weight excluding hydrogens is 266 g/mol. The van der Waals surface area contributed by atoms with Crippen molar-refractivity contribution in [2.45, 2.75) is 53.1 Å². The number of hydrogen-bond donors (Lipinski definition) is 3. The smallest absolute Gasteiger partial charge is 0.239 e. The summed E-state index contributed by atoms with van der Waals surface area (Å²) < 4.78 is 5.76. The largest absolute Gasteiger partial charge is 0.470 e. The molecule has 0 unspecified atom stereocenters. The SMILES string of the molecule is CC(C)(CCCO)CNc1ccc(N)c(OC(C)(C)C)n1. The van der Waals surface area contributed by atoms with Crippen molar-refractivity contribution in [2.75, 3.05) is 24.2 Å². The molecule has 0 atom stereocenters. The maximum atomic E-state index is 8.93. The fourth-order valence-electron chi connectivity index (χ4n) is 1.90. The van der Waals surface area contributed by atoms with Gasteiger partial charge in [0.2, 0.25) is 5.88 Å². The first-order valence-electron chi connectivity index (χ1n) is 7.43. The van der Waals surface area contributed by atoms with E-state index in [0.29, 0.717) is 11.6 Å². The van der Waals surface area contributed by atoms with Gasteiger partial charge in [0.1, 0.15) is 11.4 Å². The zero-order valence-electron chi connectivity index (χ0n) is 13.9. The standard InChI is InChI=1S/C16H29N3O2/c1-15(2,3)21-14-12(17)7-8-13(19-14)18-11-16(4,5)9-6-10-20/h7-8,20H,6,9-11,17H2,1-5H3,(H,18,19). The van der Waals surface area contributed by atoms with E-state index in [1.807, 2.05) is 26.8 Å². The lowest BCUT2D eigenvalue weighted by molar-refractivity contribution is 0.125. The summed E-state index contributed by atoms with van der Waals surface area (Å²) in [4.78, 5) is 4.43. The van der Waals surface area contributed by atoms with Crippen LogP contribution in [0.5, 0.6) is 5.88 Å². The number of aliphatic hydroxyl groups excluding tert-OH is 1. The third-order valence-electron chi connectivity index (χ3n) is 3.05. The number of nitrogens with one attached hydrogen (secondary N) is 1. The topological polar surface area (TPSA) is 80.4 Å². The van der Waals surface area contributed by atoms with E-state index < -0.39 is 0 Å². The summed E-state index contributed by atoms with van der Waals surface area (Å²) in [7, 11) is 0. The molecule has 0 bridgehead atoms. The number of nitrogens with two attached hydrogens (primary N) is 1. The van der Waals surface area contributed by atoms with Crippen molar-refractivity contribution in [3.63, 3.8) is 0 Å².